The molecule has 8 heteroatoms. The van der Waals surface area contributed by atoms with Crippen molar-refractivity contribution in [2.75, 3.05) is 6.61 Å². The average molecular weight is 463 g/mol. The van der Waals surface area contributed by atoms with Crippen molar-refractivity contribution in [1.82, 2.24) is 0 Å². The first-order valence-electron chi connectivity index (χ1n) is 11.7. The molecular weight excluding hydrogens is 428 g/mol. The zero-order valence-electron chi connectivity index (χ0n) is 19.9. The molecule has 1 unspecified atom stereocenters. The molecule has 7 atom stereocenters. The molecule has 4 aliphatic rings. The highest BCUT2D eigenvalue weighted by atomic mass is 16.6. The largest absolute Gasteiger partial charge is 0.461 e. The molecule has 1 spiro atoms. The van der Waals surface area contributed by atoms with E-state index in [9.17, 15) is 29.7 Å². The summed E-state index contributed by atoms with van der Waals surface area (Å²) in [6.45, 7) is 8.33. The molecule has 0 saturated heterocycles. The molecule has 0 aromatic rings. The van der Waals surface area contributed by atoms with Crippen molar-refractivity contribution in [1.29, 1.82) is 0 Å². The lowest BCUT2D eigenvalue weighted by molar-refractivity contribution is -0.182. The topological polar surface area (TPSA) is 130 Å². The maximum atomic E-state index is 14.1. The number of rotatable bonds is 5. The predicted molar refractivity (Wildman–Crippen MR) is 117 cm³/mol. The Bertz CT molecular complexity index is 963. The highest BCUT2D eigenvalue weighted by Crippen LogP contribution is 2.74. The molecule has 0 aliphatic heterocycles. The molecule has 0 aromatic carbocycles. The van der Waals surface area contributed by atoms with E-state index in [2.05, 4.69) is 0 Å². The van der Waals surface area contributed by atoms with Crippen molar-refractivity contribution in [3.05, 3.63) is 23.3 Å². The van der Waals surface area contributed by atoms with Crippen molar-refractivity contribution < 1.29 is 39.2 Å². The van der Waals surface area contributed by atoms with Gasteiger partial charge >= 0.3 is 11.9 Å². The van der Waals surface area contributed by atoms with E-state index in [4.69, 9.17) is 9.47 Å². The Kier molecular flexibility index (Phi) is 5.47. The number of Topliss-reactive ketones (excluding diaryl/α,β-unsaturated/α-hetero) is 1. The molecule has 2 bridgehead atoms. The van der Waals surface area contributed by atoms with E-state index >= 15 is 0 Å². The molecule has 0 heterocycles. The van der Waals surface area contributed by atoms with E-state index in [1.165, 1.54) is 6.92 Å². The van der Waals surface area contributed by atoms with Gasteiger partial charge in [0.25, 0.3) is 0 Å². The van der Waals surface area contributed by atoms with Gasteiger partial charge in [-0.1, -0.05) is 32.9 Å². The first-order valence-corrected chi connectivity index (χ1v) is 11.7. The number of hydrogen-bond donors (Lipinski definition) is 3. The minimum Gasteiger partial charge on any atom is -0.461 e. The van der Waals surface area contributed by atoms with Gasteiger partial charge in [0.15, 0.2) is 5.78 Å². The van der Waals surface area contributed by atoms with E-state index in [1.807, 2.05) is 20.8 Å². The van der Waals surface area contributed by atoms with Gasteiger partial charge in [-0.05, 0) is 37.3 Å². The highest BCUT2D eigenvalue weighted by molar-refractivity contribution is 5.95. The molecule has 4 aliphatic carbocycles. The number of carbonyl (C=O) groups excluding carboxylic acids is 3. The maximum Gasteiger partial charge on any atom is 0.306 e. The van der Waals surface area contributed by atoms with Crippen LogP contribution in [-0.2, 0) is 23.9 Å². The van der Waals surface area contributed by atoms with Crippen LogP contribution in [0.1, 0.15) is 60.3 Å². The van der Waals surface area contributed by atoms with E-state index in [-0.39, 0.29) is 42.7 Å². The number of ketones is 1. The second-order valence-corrected chi connectivity index (χ2v) is 10.7. The molecule has 0 aromatic heterocycles. The molecule has 182 valence electrons. The first-order chi connectivity index (χ1) is 15.3. The number of carbonyl (C=O) groups is 3. The third-order valence-corrected chi connectivity index (χ3v) is 8.67. The third kappa shape index (κ3) is 2.96. The molecule has 2 saturated carbocycles. The summed E-state index contributed by atoms with van der Waals surface area (Å²) in [5.74, 6) is -2.38. The number of aliphatic hydroxyl groups is 3. The second-order valence-electron chi connectivity index (χ2n) is 10.7. The lowest BCUT2D eigenvalue weighted by Crippen LogP contribution is -2.63. The van der Waals surface area contributed by atoms with E-state index in [1.54, 1.807) is 19.1 Å². The first kappa shape index (κ1) is 24.1. The highest BCUT2D eigenvalue weighted by Gasteiger charge is 2.81. The van der Waals surface area contributed by atoms with Crippen LogP contribution in [0.3, 0.4) is 0 Å². The van der Waals surface area contributed by atoms with Gasteiger partial charge in [0.1, 0.15) is 30.0 Å². The van der Waals surface area contributed by atoms with E-state index < -0.39 is 46.1 Å². The Balaban J connectivity index is 1.87. The van der Waals surface area contributed by atoms with Gasteiger partial charge in [-0.15, -0.1) is 0 Å². The summed E-state index contributed by atoms with van der Waals surface area (Å²) >= 11 is 0. The number of esters is 2. The van der Waals surface area contributed by atoms with Gasteiger partial charge < -0.3 is 24.8 Å². The van der Waals surface area contributed by atoms with Crippen LogP contribution in [0.5, 0.6) is 0 Å². The molecule has 3 N–H and O–H groups in total. The van der Waals surface area contributed by atoms with Crippen molar-refractivity contribution >= 4 is 17.7 Å². The normalized spacial score (nSPS) is 42.7. The van der Waals surface area contributed by atoms with Gasteiger partial charge in [0.2, 0.25) is 0 Å². The fourth-order valence-electron chi connectivity index (χ4n) is 6.93. The van der Waals surface area contributed by atoms with Gasteiger partial charge in [0.05, 0.1) is 5.41 Å². The van der Waals surface area contributed by atoms with Crippen LogP contribution in [0.2, 0.25) is 0 Å². The second kappa shape index (κ2) is 7.48. The number of aliphatic hydroxyl groups excluding tert-OH is 2. The minimum atomic E-state index is -2.22. The third-order valence-electron chi connectivity index (χ3n) is 8.67. The summed E-state index contributed by atoms with van der Waals surface area (Å²) in [7, 11) is 0. The summed E-state index contributed by atoms with van der Waals surface area (Å²) in [6, 6.07) is 0. The van der Waals surface area contributed by atoms with Gasteiger partial charge in [0, 0.05) is 30.6 Å². The van der Waals surface area contributed by atoms with Crippen molar-refractivity contribution in [3.8, 4) is 0 Å². The molecule has 8 nitrogen and oxygen atoms in total. The smallest absolute Gasteiger partial charge is 0.306 e. The lowest BCUT2D eigenvalue weighted by atomic mass is 9.63. The van der Waals surface area contributed by atoms with Crippen LogP contribution < -0.4 is 0 Å². The Morgan fingerprint density at radius 3 is 2.45 bits per heavy atom. The van der Waals surface area contributed by atoms with Crippen LogP contribution in [0.15, 0.2) is 23.3 Å². The molecule has 0 radical (unpaired) electrons. The molecule has 33 heavy (non-hydrogen) atoms. The molecule has 0 amide bonds. The molecular formula is C25H34O8. The summed E-state index contributed by atoms with van der Waals surface area (Å²) in [5, 5.41) is 34.1. The van der Waals surface area contributed by atoms with Crippen molar-refractivity contribution in [2.24, 2.45) is 22.7 Å². The zero-order chi connectivity index (χ0) is 24.6. The molecule has 2 fully saturated rings. The number of hydrogen-bond acceptors (Lipinski definition) is 8. The summed E-state index contributed by atoms with van der Waals surface area (Å²) < 4.78 is 11.2. The average Bonchev–Trinajstić information content (AvgIpc) is 3.17. The predicted octanol–water partition coefficient (Wildman–Crippen LogP) is 1.61. The molecule has 4 rings (SSSR count). The standard InChI is InChI=1S/C25H34O8/c1-6-7-17(27)33-24-9-8-23-11-13(2)19(28)25(23,31)20(29)15(12-32-14(3)26)10-16(21(23)30)18(24)22(24,4)5/h10-11,16,18-20,28-29,31H,6-9,12H2,1-5H3/t16-,18?,19-,20+,23+,24-,25+/m0/s1. The van der Waals surface area contributed by atoms with E-state index in [0.29, 0.717) is 18.4 Å². The van der Waals surface area contributed by atoms with Crippen LogP contribution in [0.4, 0.5) is 0 Å². The Morgan fingerprint density at radius 2 is 1.85 bits per heavy atom. The summed E-state index contributed by atoms with van der Waals surface area (Å²) in [4.78, 5) is 38.2. The van der Waals surface area contributed by atoms with Gasteiger partial charge in [-0.25, -0.2) is 0 Å². The maximum absolute atomic E-state index is 14.1. The summed E-state index contributed by atoms with van der Waals surface area (Å²) in [5.41, 5.74) is -4.62. The van der Waals surface area contributed by atoms with Crippen LogP contribution in [0, 0.1) is 22.7 Å². The van der Waals surface area contributed by atoms with Crippen LogP contribution in [-0.4, -0.2) is 63.1 Å². The fraction of sp³-hybridized carbons (Fsp3) is 0.720. The number of allylic oxidation sites excluding steroid dienone is 1. The van der Waals surface area contributed by atoms with Gasteiger partial charge in [-0.3, -0.25) is 14.4 Å². The quantitative estimate of drug-likeness (QED) is 0.415. The van der Waals surface area contributed by atoms with Crippen molar-refractivity contribution in [2.45, 2.75) is 83.7 Å². The number of fused-ring (bicyclic) bond motifs is 3. The Labute approximate surface area is 193 Å². The van der Waals surface area contributed by atoms with E-state index in [0.717, 1.165) is 0 Å². The lowest BCUT2D eigenvalue weighted by Gasteiger charge is -2.45. The van der Waals surface area contributed by atoms with Crippen LogP contribution >= 0.6 is 0 Å². The summed E-state index contributed by atoms with van der Waals surface area (Å²) in [6.07, 6.45) is 1.39. The Hall–Kier alpha value is -2.03. The Morgan fingerprint density at radius 1 is 1.18 bits per heavy atom. The van der Waals surface area contributed by atoms with Crippen LogP contribution in [0.25, 0.3) is 0 Å². The zero-order valence-corrected chi connectivity index (χ0v) is 19.9. The minimum absolute atomic E-state index is 0.109. The number of ether oxygens (including phenoxy) is 2. The SMILES string of the molecule is CCCC(=O)O[C@@]12CC[C@]34C=C(C)[C@H](O)[C@@]3(O)[C@H](O)C(COC(C)=O)=C[C@H](C4=O)C1C2(C)C. The fourth-order valence-corrected chi connectivity index (χ4v) is 6.93. The monoisotopic (exact) mass is 462 g/mol. The van der Waals surface area contributed by atoms with Gasteiger partial charge in [-0.2, -0.15) is 0 Å². The van der Waals surface area contributed by atoms with Crippen molar-refractivity contribution in [3.63, 3.8) is 0 Å².